The van der Waals surface area contributed by atoms with E-state index in [1.54, 1.807) is 0 Å². The summed E-state index contributed by atoms with van der Waals surface area (Å²) in [5.74, 6) is 5.67. The Balaban J connectivity index is 1.69. The molecule has 0 N–H and O–H groups in total. The van der Waals surface area contributed by atoms with Gasteiger partial charge >= 0.3 is 0 Å². The lowest BCUT2D eigenvalue weighted by Crippen LogP contribution is -2.19. The summed E-state index contributed by atoms with van der Waals surface area (Å²) < 4.78 is 5.83. The van der Waals surface area contributed by atoms with Crippen LogP contribution in [-0.2, 0) is 4.74 Å². The predicted octanol–water partition coefficient (Wildman–Crippen LogP) is 4.12. The number of hydrogen-bond donors (Lipinski definition) is 0. The van der Waals surface area contributed by atoms with E-state index in [1.165, 1.54) is 25.7 Å². The molecule has 0 aromatic rings. The van der Waals surface area contributed by atoms with Crippen LogP contribution in [0.3, 0.4) is 0 Å². The average Bonchev–Trinajstić information content (AvgIpc) is 2.74. The van der Waals surface area contributed by atoms with Crippen LogP contribution in [0.15, 0.2) is 0 Å². The first-order valence-electron chi connectivity index (χ1n) is 7.71. The van der Waals surface area contributed by atoms with Gasteiger partial charge in [0.1, 0.15) is 0 Å². The molecule has 0 radical (unpaired) electrons. The van der Waals surface area contributed by atoms with Gasteiger partial charge in [0.05, 0.1) is 12.2 Å². The van der Waals surface area contributed by atoms with Crippen molar-refractivity contribution >= 4 is 0 Å². The van der Waals surface area contributed by atoms with E-state index in [0.29, 0.717) is 12.2 Å². The summed E-state index contributed by atoms with van der Waals surface area (Å²) in [5, 5.41) is 0. The van der Waals surface area contributed by atoms with Crippen molar-refractivity contribution in [2.75, 3.05) is 0 Å². The second-order valence-electron chi connectivity index (χ2n) is 7.63. The maximum absolute atomic E-state index is 5.83. The van der Waals surface area contributed by atoms with E-state index >= 15 is 0 Å². The van der Waals surface area contributed by atoms with Gasteiger partial charge in [0.25, 0.3) is 0 Å². The minimum absolute atomic E-state index is 0.676. The first-order chi connectivity index (χ1) is 8.06. The third-order valence-corrected chi connectivity index (χ3v) is 5.30. The Labute approximate surface area is 106 Å². The van der Waals surface area contributed by atoms with Crippen LogP contribution in [-0.4, -0.2) is 12.2 Å². The highest BCUT2D eigenvalue weighted by Gasteiger charge is 2.62. The van der Waals surface area contributed by atoms with Crippen molar-refractivity contribution in [3.05, 3.63) is 0 Å². The minimum Gasteiger partial charge on any atom is -0.369 e. The minimum atomic E-state index is 0.676. The fraction of sp³-hybridized carbons (Fsp3) is 1.00. The number of epoxide rings is 1. The standard InChI is InChI=1S/C16H28O/c1-9(2)5-11-7-12(6-10(3)4)15-13(11)8-14-16(15)17-14/h9-16H,5-8H2,1-4H3. The van der Waals surface area contributed by atoms with Crippen LogP contribution in [0.2, 0.25) is 0 Å². The summed E-state index contributed by atoms with van der Waals surface area (Å²) in [5.41, 5.74) is 0. The molecule has 0 aromatic heterocycles. The molecule has 98 valence electrons. The Hall–Kier alpha value is -0.0400. The van der Waals surface area contributed by atoms with Crippen molar-refractivity contribution in [1.29, 1.82) is 0 Å². The van der Waals surface area contributed by atoms with Gasteiger partial charge in [0.15, 0.2) is 0 Å². The molecule has 3 aliphatic rings. The quantitative estimate of drug-likeness (QED) is 0.669. The van der Waals surface area contributed by atoms with Crippen molar-refractivity contribution < 1.29 is 4.74 Å². The predicted molar refractivity (Wildman–Crippen MR) is 70.8 cm³/mol. The highest BCUT2D eigenvalue weighted by molar-refractivity contribution is 5.09. The van der Waals surface area contributed by atoms with Crippen LogP contribution in [0.5, 0.6) is 0 Å². The smallest absolute Gasteiger partial charge is 0.0875 e. The van der Waals surface area contributed by atoms with Gasteiger partial charge in [-0.3, -0.25) is 0 Å². The fourth-order valence-corrected chi connectivity index (χ4v) is 4.93. The zero-order valence-electron chi connectivity index (χ0n) is 11.9. The van der Waals surface area contributed by atoms with Gasteiger partial charge in [0, 0.05) is 0 Å². The summed E-state index contributed by atoms with van der Waals surface area (Å²) in [6, 6.07) is 0. The van der Waals surface area contributed by atoms with E-state index in [0.717, 1.165) is 35.5 Å². The molecule has 2 saturated carbocycles. The molecule has 3 fully saturated rings. The zero-order valence-corrected chi connectivity index (χ0v) is 11.9. The molecular formula is C16H28O. The second-order valence-corrected chi connectivity index (χ2v) is 7.63. The molecule has 0 amide bonds. The highest BCUT2D eigenvalue weighted by Crippen LogP contribution is 2.60. The monoisotopic (exact) mass is 236 g/mol. The Morgan fingerprint density at radius 1 is 0.941 bits per heavy atom. The molecule has 1 heteroatoms. The van der Waals surface area contributed by atoms with E-state index in [1.807, 2.05) is 0 Å². The topological polar surface area (TPSA) is 12.5 Å². The van der Waals surface area contributed by atoms with Crippen LogP contribution in [0.25, 0.3) is 0 Å². The summed E-state index contributed by atoms with van der Waals surface area (Å²) in [7, 11) is 0. The molecule has 1 heterocycles. The normalized spacial score (nSPS) is 47.6. The summed E-state index contributed by atoms with van der Waals surface area (Å²) in [6.45, 7) is 9.53. The van der Waals surface area contributed by atoms with E-state index in [-0.39, 0.29) is 0 Å². The number of rotatable bonds is 4. The van der Waals surface area contributed by atoms with Crippen molar-refractivity contribution in [2.45, 2.75) is 65.6 Å². The maximum atomic E-state index is 5.83. The lowest BCUT2D eigenvalue weighted by atomic mass is 9.84. The molecule has 6 atom stereocenters. The van der Waals surface area contributed by atoms with Gasteiger partial charge in [-0.05, 0) is 61.2 Å². The molecule has 0 bridgehead atoms. The summed E-state index contributed by atoms with van der Waals surface area (Å²) in [4.78, 5) is 0. The van der Waals surface area contributed by atoms with Gasteiger partial charge < -0.3 is 4.74 Å². The van der Waals surface area contributed by atoms with Crippen molar-refractivity contribution in [3.8, 4) is 0 Å². The molecule has 0 aromatic carbocycles. The number of fused-ring (bicyclic) bond motifs is 3. The van der Waals surface area contributed by atoms with E-state index in [2.05, 4.69) is 27.7 Å². The maximum Gasteiger partial charge on any atom is 0.0875 e. The Kier molecular flexibility index (Phi) is 3.01. The van der Waals surface area contributed by atoms with Crippen molar-refractivity contribution in [2.24, 2.45) is 35.5 Å². The lowest BCUT2D eigenvalue weighted by Gasteiger charge is -2.22. The zero-order chi connectivity index (χ0) is 12.2. The van der Waals surface area contributed by atoms with Crippen molar-refractivity contribution in [1.82, 2.24) is 0 Å². The summed E-state index contributed by atoms with van der Waals surface area (Å²) >= 11 is 0. The SMILES string of the molecule is CC(C)CC1CC(CC(C)C)C2C1CC1OC12. The van der Waals surface area contributed by atoms with Gasteiger partial charge in [-0.25, -0.2) is 0 Å². The summed E-state index contributed by atoms with van der Waals surface area (Å²) in [6.07, 6.45) is 7.13. The Morgan fingerprint density at radius 3 is 2.24 bits per heavy atom. The number of ether oxygens (including phenoxy) is 1. The van der Waals surface area contributed by atoms with E-state index in [9.17, 15) is 0 Å². The van der Waals surface area contributed by atoms with E-state index < -0.39 is 0 Å². The molecule has 2 aliphatic carbocycles. The molecule has 6 unspecified atom stereocenters. The van der Waals surface area contributed by atoms with Crippen LogP contribution in [0.1, 0.15) is 53.4 Å². The molecule has 1 saturated heterocycles. The number of hydrogen-bond acceptors (Lipinski definition) is 1. The van der Waals surface area contributed by atoms with Crippen LogP contribution >= 0.6 is 0 Å². The first kappa shape index (κ1) is 12.0. The van der Waals surface area contributed by atoms with Crippen LogP contribution in [0, 0.1) is 35.5 Å². The largest absolute Gasteiger partial charge is 0.369 e. The Morgan fingerprint density at radius 2 is 1.59 bits per heavy atom. The van der Waals surface area contributed by atoms with Gasteiger partial charge in [-0.2, -0.15) is 0 Å². The molecule has 0 spiro atoms. The van der Waals surface area contributed by atoms with Gasteiger partial charge in [0.2, 0.25) is 0 Å². The first-order valence-corrected chi connectivity index (χ1v) is 7.71. The van der Waals surface area contributed by atoms with Crippen molar-refractivity contribution in [3.63, 3.8) is 0 Å². The third kappa shape index (κ3) is 2.16. The second kappa shape index (κ2) is 4.26. The fourth-order valence-electron chi connectivity index (χ4n) is 4.93. The Bertz CT molecular complexity index is 283. The molecule has 1 nitrogen and oxygen atoms in total. The molecular weight excluding hydrogens is 208 g/mol. The highest BCUT2D eigenvalue weighted by atomic mass is 16.6. The van der Waals surface area contributed by atoms with Gasteiger partial charge in [-0.15, -0.1) is 0 Å². The van der Waals surface area contributed by atoms with E-state index in [4.69, 9.17) is 4.74 Å². The molecule has 17 heavy (non-hydrogen) atoms. The molecule has 3 rings (SSSR count). The van der Waals surface area contributed by atoms with Gasteiger partial charge in [-0.1, -0.05) is 27.7 Å². The van der Waals surface area contributed by atoms with Crippen LogP contribution < -0.4 is 0 Å². The lowest BCUT2D eigenvalue weighted by molar-refractivity contribution is 0.165. The third-order valence-electron chi connectivity index (χ3n) is 5.30. The molecule has 1 aliphatic heterocycles. The van der Waals surface area contributed by atoms with Crippen LogP contribution in [0.4, 0.5) is 0 Å². The average molecular weight is 236 g/mol.